The Balaban J connectivity index is 1.44. The molecule has 0 spiro atoms. The number of hydrogen-bond acceptors (Lipinski definition) is 7. The van der Waals surface area contributed by atoms with Gasteiger partial charge in [0.2, 0.25) is 0 Å². The van der Waals surface area contributed by atoms with Gasteiger partial charge < -0.3 is 20.0 Å². The van der Waals surface area contributed by atoms with Gasteiger partial charge in [-0.1, -0.05) is 19.3 Å². The van der Waals surface area contributed by atoms with Crippen LogP contribution in [-0.4, -0.2) is 67.2 Å². The average molecular weight is 439 g/mol. The van der Waals surface area contributed by atoms with Crippen LogP contribution in [-0.2, 0) is 4.79 Å². The predicted octanol–water partition coefficient (Wildman–Crippen LogP) is 1.79. The molecule has 5 unspecified atom stereocenters. The van der Waals surface area contributed by atoms with Gasteiger partial charge in [0.15, 0.2) is 0 Å². The highest BCUT2D eigenvalue weighted by Crippen LogP contribution is 2.42. The second-order valence-electron chi connectivity index (χ2n) is 9.81. The van der Waals surface area contributed by atoms with Gasteiger partial charge in [0.25, 0.3) is 5.91 Å². The second kappa shape index (κ2) is 8.99. The highest BCUT2D eigenvalue weighted by Gasteiger charge is 2.53. The summed E-state index contributed by atoms with van der Waals surface area (Å²) in [4.78, 5) is 16.4. The maximum absolute atomic E-state index is 12.2. The van der Waals surface area contributed by atoms with Crippen LogP contribution >= 0.6 is 0 Å². The van der Waals surface area contributed by atoms with Crippen molar-refractivity contribution in [1.29, 1.82) is 5.26 Å². The molecule has 1 saturated carbocycles. The smallest absolute Gasteiger partial charge is 0.264 e. The fourth-order valence-corrected chi connectivity index (χ4v) is 6.22. The summed E-state index contributed by atoms with van der Waals surface area (Å²) >= 11 is 0. The zero-order chi connectivity index (χ0) is 22.2. The van der Waals surface area contributed by atoms with Gasteiger partial charge in [0, 0.05) is 50.8 Å². The number of carbonyl (C=O) groups is 1. The molecule has 1 amide bonds. The van der Waals surface area contributed by atoms with Crippen molar-refractivity contribution < 1.29 is 9.21 Å². The molecule has 4 aliphatic rings. The third-order valence-electron chi connectivity index (χ3n) is 7.65. The monoisotopic (exact) mass is 438 g/mol. The van der Waals surface area contributed by atoms with Crippen molar-refractivity contribution in [3.63, 3.8) is 0 Å². The molecule has 5 rings (SSSR count). The molecule has 8 heteroatoms. The number of nitriles is 1. The van der Waals surface area contributed by atoms with Gasteiger partial charge in [-0.25, -0.2) is 0 Å². The van der Waals surface area contributed by atoms with Gasteiger partial charge in [-0.15, -0.1) is 0 Å². The number of hydrogen-bond donors (Lipinski definition) is 3. The van der Waals surface area contributed by atoms with E-state index >= 15 is 0 Å². The van der Waals surface area contributed by atoms with Crippen LogP contribution in [0.2, 0.25) is 0 Å². The topological polar surface area (TPSA) is 96.6 Å². The normalized spacial score (nSPS) is 33.5. The van der Waals surface area contributed by atoms with Gasteiger partial charge in [-0.05, 0) is 37.9 Å². The molecule has 1 aromatic rings. The lowest BCUT2D eigenvalue weighted by Crippen LogP contribution is -2.62. The van der Waals surface area contributed by atoms with Crippen LogP contribution in [0.15, 0.2) is 22.1 Å². The average Bonchev–Trinajstić information content (AvgIpc) is 3.54. The van der Waals surface area contributed by atoms with E-state index in [1.54, 1.807) is 20.2 Å². The number of fused-ring (bicyclic) bond motifs is 3. The number of carbonyl (C=O) groups excluding carboxylic acids is 1. The standard InChI is InChI=1S/C24H34N6O2/c1-29(2)24(31)15(13-25)12-17-8-9-20(32-17)23-28-19-14-27-22-18(10-11-26-22)21(19)30(23)16-6-4-3-5-7-16/h8-9,12,16,18-19,21-23,26-28H,3-7,10-11,14H2,1-2H3. The Kier molecular flexibility index (Phi) is 6.08. The summed E-state index contributed by atoms with van der Waals surface area (Å²) in [7, 11) is 3.29. The number of furan rings is 1. The summed E-state index contributed by atoms with van der Waals surface area (Å²) in [6.45, 7) is 2.02. The fourth-order valence-electron chi connectivity index (χ4n) is 6.22. The van der Waals surface area contributed by atoms with Crippen molar-refractivity contribution in [3.8, 4) is 6.07 Å². The SMILES string of the molecule is CN(C)C(=O)C(C#N)=Cc1ccc(C2NC3CNC4NCCC4C3N2C2CCCCC2)o1. The maximum Gasteiger partial charge on any atom is 0.264 e. The third kappa shape index (κ3) is 3.88. The molecule has 32 heavy (non-hydrogen) atoms. The predicted molar refractivity (Wildman–Crippen MR) is 121 cm³/mol. The minimum Gasteiger partial charge on any atom is -0.459 e. The molecule has 8 nitrogen and oxygen atoms in total. The molecule has 4 heterocycles. The molecule has 5 atom stereocenters. The van der Waals surface area contributed by atoms with E-state index in [0.29, 0.717) is 36.0 Å². The van der Waals surface area contributed by atoms with E-state index in [2.05, 4.69) is 20.9 Å². The van der Waals surface area contributed by atoms with Crippen LogP contribution in [0.5, 0.6) is 0 Å². The number of nitrogens with zero attached hydrogens (tertiary/aromatic N) is 3. The van der Waals surface area contributed by atoms with E-state index in [-0.39, 0.29) is 17.6 Å². The summed E-state index contributed by atoms with van der Waals surface area (Å²) in [5.74, 6) is 1.69. The van der Waals surface area contributed by atoms with Gasteiger partial charge >= 0.3 is 0 Å². The number of likely N-dealkylation sites (N-methyl/N-ethyl adjacent to an activating group) is 1. The molecule has 1 aromatic heterocycles. The van der Waals surface area contributed by atoms with E-state index in [1.165, 1.54) is 43.4 Å². The van der Waals surface area contributed by atoms with Crippen LogP contribution in [0.25, 0.3) is 6.08 Å². The van der Waals surface area contributed by atoms with Crippen LogP contribution < -0.4 is 16.0 Å². The minimum atomic E-state index is -0.315. The number of amides is 1. The summed E-state index contributed by atoms with van der Waals surface area (Å²) in [6.07, 6.45) is 9.56. The molecule has 0 aromatic carbocycles. The highest BCUT2D eigenvalue weighted by molar-refractivity contribution is 6.01. The molecule has 1 aliphatic carbocycles. The van der Waals surface area contributed by atoms with Gasteiger partial charge in [0.1, 0.15) is 29.3 Å². The first-order valence-electron chi connectivity index (χ1n) is 12.0. The Labute approximate surface area is 190 Å². The molecule has 0 radical (unpaired) electrons. The van der Waals surface area contributed by atoms with Crippen molar-refractivity contribution in [2.45, 2.75) is 69.0 Å². The van der Waals surface area contributed by atoms with E-state index in [1.807, 2.05) is 18.2 Å². The first-order valence-corrected chi connectivity index (χ1v) is 12.0. The van der Waals surface area contributed by atoms with E-state index in [9.17, 15) is 10.1 Å². The van der Waals surface area contributed by atoms with Crippen molar-refractivity contribution in [3.05, 3.63) is 29.2 Å². The largest absolute Gasteiger partial charge is 0.459 e. The molecule has 172 valence electrons. The Morgan fingerprint density at radius 2 is 2.03 bits per heavy atom. The lowest BCUT2D eigenvalue weighted by molar-refractivity contribution is -0.124. The van der Waals surface area contributed by atoms with Crippen LogP contribution in [0.4, 0.5) is 0 Å². The summed E-state index contributed by atoms with van der Waals surface area (Å²) in [5, 5.41) is 20.6. The van der Waals surface area contributed by atoms with Crippen molar-refractivity contribution >= 4 is 12.0 Å². The summed E-state index contributed by atoms with van der Waals surface area (Å²) < 4.78 is 6.23. The van der Waals surface area contributed by atoms with Gasteiger partial charge in [0.05, 0.1) is 6.17 Å². The number of piperidine rings is 1. The Morgan fingerprint density at radius 1 is 1.22 bits per heavy atom. The Hall–Kier alpha value is -2.18. The van der Waals surface area contributed by atoms with Crippen LogP contribution in [0.1, 0.15) is 56.2 Å². The fraction of sp³-hybridized carbons (Fsp3) is 0.667. The molecule has 3 aliphatic heterocycles. The van der Waals surface area contributed by atoms with Gasteiger partial charge in [-0.2, -0.15) is 5.26 Å². The quantitative estimate of drug-likeness (QED) is 0.487. The van der Waals surface area contributed by atoms with Gasteiger partial charge in [-0.3, -0.25) is 15.0 Å². The number of rotatable bonds is 4. The maximum atomic E-state index is 12.2. The van der Waals surface area contributed by atoms with E-state index in [0.717, 1.165) is 18.8 Å². The Bertz CT molecular complexity index is 912. The van der Waals surface area contributed by atoms with Crippen LogP contribution in [0.3, 0.4) is 0 Å². The molecule has 4 fully saturated rings. The van der Waals surface area contributed by atoms with E-state index in [4.69, 9.17) is 4.42 Å². The summed E-state index contributed by atoms with van der Waals surface area (Å²) in [6, 6.07) is 7.31. The zero-order valence-electron chi connectivity index (χ0n) is 19.0. The molecular formula is C24H34N6O2. The summed E-state index contributed by atoms with van der Waals surface area (Å²) in [5.41, 5.74) is 0.0807. The molecular weight excluding hydrogens is 404 g/mol. The molecule has 0 bridgehead atoms. The first-order chi connectivity index (χ1) is 15.6. The number of nitrogens with one attached hydrogen (secondary N) is 3. The third-order valence-corrected chi connectivity index (χ3v) is 7.65. The van der Waals surface area contributed by atoms with E-state index < -0.39 is 0 Å². The second-order valence-corrected chi connectivity index (χ2v) is 9.81. The highest BCUT2D eigenvalue weighted by atomic mass is 16.3. The lowest BCUT2D eigenvalue weighted by Gasteiger charge is -2.44. The van der Waals surface area contributed by atoms with Crippen molar-refractivity contribution in [2.75, 3.05) is 27.2 Å². The zero-order valence-corrected chi connectivity index (χ0v) is 19.0. The van der Waals surface area contributed by atoms with Crippen molar-refractivity contribution in [2.24, 2.45) is 5.92 Å². The lowest BCUT2D eigenvalue weighted by atomic mass is 9.84. The Morgan fingerprint density at radius 3 is 2.78 bits per heavy atom. The molecule has 3 saturated heterocycles. The van der Waals surface area contributed by atoms with Crippen molar-refractivity contribution in [1.82, 2.24) is 25.8 Å². The van der Waals surface area contributed by atoms with Crippen LogP contribution in [0, 0.1) is 17.2 Å². The minimum absolute atomic E-state index is 0.0199. The molecule has 3 N–H and O–H groups in total. The first kappa shape index (κ1) is 21.7.